The fourth-order valence-electron chi connectivity index (χ4n) is 4.21. The van der Waals surface area contributed by atoms with Gasteiger partial charge >= 0.3 is 0 Å². The number of hydrogen-bond acceptors (Lipinski definition) is 8. The summed E-state index contributed by atoms with van der Waals surface area (Å²) in [6, 6.07) is 20.7. The molecular weight excluding hydrogens is 558 g/mol. The van der Waals surface area contributed by atoms with E-state index in [9.17, 15) is 37.1 Å². The standard InChI is InChI=1S/C27H23N3O8S2/c1-19-8-17-26(21-6-4-3-5-7-21)20(2)27(19)18-28(39(35,36)24-13-9-22(10-14-24)29(31)32)40(37,38)25-15-11-23(12-16-25)30(33)34/h3-17H,18H2,1-2H3. The molecule has 0 heterocycles. The van der Waals surface area contributed by atoms with Crippen molar-refractivity contribution < 1.29 is 26.7 Å². The topological polar surface area (TPSA) is 158 Å². The molecule has 206 valence electrons. The van der Waals surface area contributed by atoms with Gasteiger partial charge in [0.15, 0.2) is 0 Å². The Morgan fingerprint density at radius 3 is 1.52 bits per heavy atom. The normalized spacial score (nSPS) is 11.9. The van der Waals surface area contributed by atoms with Gasteiger partial charge in [0, 0.05) is 24.3 Å². The first kappa shape index (κ1) is 28.5. The van der Waals surface area contributed by atoms with E-state index < -0.39 is 46.2 Å². The zero-order chi connectivity index (χ0) is 29.2. The first-order valence-electron chi connectivity index (χ1n) is 11.8. The molecule has 0 saturated carbocycles. The van der Waals surface area contributed by atoms with Crippen molar-refractivity contribution in [1.82, 2.24) is 3.71 Å². The summed E-state index contributed by atoms with van der Waals surface area (Å²) in [5, 5.41) is 22.2. The average molecular weight is 582 g/mol. The molecular formula is C27H23N3O8S2. The molecule has 0 aliphatic heterocycles. The summed E-state index contributed by atoms with van der Waals surface area (Å²) in [5.74, 6) is 0. The molecule has 0 unspecified atom stereocenters. The summed E-state index contributed by atoms with van der Waals surface area (Å²) in [4.78, 5) is 19.8. The molecule has 0 amide bonds. The molecule has 4 aromatic carbocycles. The Balaban J connectivity index is 1.90. The highest BCUT2D eigenvalue weighted by Crippen LogP contribution is 2.33. The Bertz CT molecular complexity index is 1720. The Hall–Kier alpha value is -4.46. The molecule has 0 aliphatic carbocycles. The van der Waals surface area contributed by atoms with Crippen molar-refractivity contribution in [2.45, 2.75) is 30.2 Å². The van der Waals surface area contributed by atoms with E-state index in [4.69, 9.17) is 0 Å². The summed E-state index contributed by atoms with van der Waals surface area (Å²) >= 11 is 0. The van der Waals surface area contributed by atoms with Gasteiger partial charge in [0.05, 0.1) is 26.2 Å². The molecule has 11 nitrogen and oxygen atoms in total. The SMILES string of the molecule is Cc1ccc(-c2ccccc2)c(C)c1CN(S(=O)(=O)c1ccc([N+](=O)[O-])cc1)S(=O)(=O)c1ccc([N+](=O)[O-])cc1. The third kappa shape index (κ3) is 5.47. The zero-order valence-electron chi connectivity index (χ0n) is 21.3. The molecule has 0 spiro atoms. The smallest absolute Gasteiger partial charge is 0.258 e. The third-order valence-electron chi connectivity index (χ3n) is 6.43. The summed E-state index contributed by atoms with van der Waals surface area (Å²) < 4.78 is 55.8. The van der Waals surface area contributed by atoms with Gasteiger partial charge in [0.2, 0.25) is 0 Å². The van der Waals surface area contributed by atoms with Crippen LogP contribution in [0.3, 0.4) is 0 Å². The largest absolute Gasteiger partial charge is 0.269 e. The molecule has 0 N–H and O–H groups in total. The highest BCUT2D eigenvalue weighted by atomic mass is 32.3. The van der Waals surface area contributed by atoms with Gasteiger partial charge in [-0.05, 0) is 65.9 Å². The minimum atomic E-state index is -4.80. The molecule has 4 aromatic rings. The predicted octanol–water partition coefficient (Wildman–Crippen LogP) is 5.37. The van der Waals surface area contributed by atoms with Crippen molar-refractivity contribution in [3.8, 4) is 11.1 Å². The van der Waals surface area contributed by atoms with Crippen molar-refractivity contribution in [3.05, 3.63) is 128 Å². The van der Waals surface area contributed by atoms with E-state index in [1.807, 2.05) is 36.4 Å². The molecule has 0 radical (unpaired) electrons. The van der Waals surface area contributed by atoms with E-state index in [2.05, 4.69) is 0 Å². The number of rotatable bonds is 9. The lowest BCUT2D eigenvalue weighted by molar-refractivity contribution is -0.385. The average Bonchev–Trinajstić information content (AvgIpc) is 2.93. The number of aryl methyl sites for hydroxylation is 1. The van der Waals surface area contributed by atoms with Gasteiger partial charge in [0.1, 0.15) is 0 Å². The van der Waals surface area contributed by atoms with E-state index in [1.165, 1.54) is 0 Å². The minimum absolute atomic E-state index is 0.326. The summed E-state index contributed by atoms with van der Waals surface area (Å²) in [6.45, 7) is 2.91. The fraction of sp³-hybridized carbons (Fsp3) is 0.111. The first-order valence-corrected chi connectivity index (χ1v) is 14.6. The van der Waals surface area contributed by atoms with Crippen LogP contribution >= 0.6 is 0 Å². The summed E-state index contributed by atoms with van der Waals surface area (Å²) in [7, 11) is -9.59. The lowest BCUT2D eigenvalue weighted by Gasteiger charge is -2.25. The van der Waals surface area contributed by atoms with E-state index >= 15 is 0 Å². The monoisotopic (exact) mass is 581 g/mol. The number of non-ortho nitro benzene ring substituents is 2. The van der Waals surface area contributed by atoms with E-state index in [-0.39, 0.29) is 11.4 Å². The second-order valence-corrected chi connectivity index (χ2v) is 12.8. The maximum absolute atomic E-state index is 13.9. The van der Waals surface area contributed by atoms with Gasteiger partial charge in [-0.3, -0.25) is 20.2 Å². The Labute approximate surface area is 230 Å². The van der Waals surface area contributed by atoms with Crippen LogP contribution in [0, 0.1) is 34.1 Å². The van der Waals surface area contributed by atoms with Crippen LogP contribution in [0.15, 0.2) is 101 Å². The summed E-state index contributed by atoms with van der Waals surface area (Å²) in [5.41, 5.74) is 2.63. The van der Waals surface area contributed by atoms with Crippen LogP contribution in [0.25, 0.3) is 11.1 Å². The molecule has 0 bridgehead atoms. The quantitative estimate of drug-likeness (QED) is 0.189. The molecule has 0 fully saturated rings. The van der Waals surface area contributed by atoms with Crippen LogP contribution < -0.4 is 0 Å². The number of benzene rings is 4. The van der Waals surface area contributed by atoms with Crippen molar-refractivity contribution >= 4 is 31.4 Å². The molecule has 0 atom stereocenters. The Kier molecular flexibility index (Phi) is 7.82. The number of sulfonamides is 2. The Morgan fingerprint density at radius 1 is 0.650 bits per heavy atom. The number of nitrogens with zero attached hydrogens (tertiary/aromatic N) is 3. The molecule has 0 aliphatic rings. The second kappa shape index (κ2) is 11.0. The van der Waals surface area contributed by atoms with E-state index in [0.717, 1.165) is 59.7 Å². The van der Waals surface area contributed by atoms with Gasteiger partial charge in [-0.25, -0.2) is 16.8 Å². The van der Waals surface area contributed by atoms with Crippen LogP contribution in [0.1, 0.15) is 16.7 Å². The predicted molar refractivity (Wildman–Crippen MR) is 147 cm³/mol. The van der Waals surface area contributed by atoms with Crippen LogP contribution in [-0.4, -0.2) is 30.4 Å². The summed E-state index contributed by atoms with van der Waals surface area (Å²) in [6.07, 6.45) is 0. The van der Waals surface area contributed by atoms with Gasteiger partial charge in [0.25, 0.3) is 31.4 Å². The number of hydrogen-bond donors (Lipinski definition) is 0. The minimum Gasteiger partial charge on any atom is -0.258 e. The van der Waals surface area contributed by atoms with E-state index in [0.29, 0.717) is 20.4 Å². The van der Waals surface area contributed by atoms with Crippen LogP contribution in [0.4, 0.5) is 11.4 Å². The van der Waals surface area contributed by atoms with Gasteiger partial charge < -0.3 is 0 Å². The molecule has 40 heavy (non-hydrogen) atoms. The lowest BCUT2D eigenvalue weighted by atomic mass is 9.93. The van der Waals surface area contributed by atoms with Crippen molar-refractivity contribution in [2.24, 2.45) is 0 Å². The van der Waals surface area contributed by atoms with Gasteiger partial charge in [-0.1, -0.05) is 46.2 Å². The molecule has 4 rings (SSSR count). The van der Waals surface area contributed by atoms with Gasteiger partial charge in [-0.2, -0.15) is 0 Å². The molecule has 0 saturated heterocycles. The maximum Gasteiger partial charge on any atom is 0.269 e. The number of nitro benzene ring substituents is 2. The van der Waals surface area contributed by atoms with Crippen LogP contribution in [-0.2, 0) is 26.6 Å². The first-order chi connectivity index (χ1) is 18.8. The van der Waals surface area contributed by atoms with Crippen molar-refractivity contribution in [1.29, 1.82) is 0 Å². The third-order valence-corrected chi connectivity index (χ3v) is 10.7. The highest BCUT2D eigenvalue weighted by molar-refractivity contribution is 8.04. The van der Waals surface area contributed by atoms with Gasteiger partial charge in [-0.15, -0.1) is 0 Å². The van der Waals surface area contributed by atoms with Crippen LogP contribution in [0.2, 0.25) is 0 Å². The Morgan fingerprint density at radius 2 is 1.10 bits per heavy atom. The highest BCUT2D eigenvalue weighted by Gasteiger charge is 2.38. The number of nitro groups is 2. The lowest BCUT2D eigenvalue weighted by Crippen LogP contribution is -2.37. The maximum atomic E-state index is 13.9. The molecule has 13 heteroatoms. The van der Waals surface area contributed by atoms with Crippen molar-refractivity contribution in [3.63, 3.8) is 0 Å². The van der Waals surface area contributed by atoms with Crippen LogP contribution in [0.5, 0.6) is 0 Å². The molecule has 0 aromatic heterocycles. The van der Waals surface area contributed by atoms with E-state index in [1.54, 1.807) is 19.9 Å². The fourth-order valence-corrected chi connectivity index (χ4v) is 7.79. The second-order valence-electron chi connectivity index (χ2n) is 8.84. The zero-order valence-corrected chi connectivity index (χ0v) is 22.9. The van der Waals surface area contributed by atoms with Crippen molar-refractivity contribution in [2.75, 3.05) is 0 Å².